The van der Waals surface area contributed by atoms with Crippen LogP contribution in [-0.4, -0.2) is 50.6 Å². The molecule has 200 valence electrons. The number of aromatic nitrogens is 2. The molecule has 1 aliphatic carbocycles. The van der Waals surface area contributed by atoms with Crippen LogP contribution in [0.15, 0.2) is 72.8 Å². The highest BCUT2D eigenvalue weighted by Crippen LogP contribution is 2.37. The van der Waals surface area contributed by atoms with Crippen molar-refractivity contribution in [2.45, 2.75) is 57.2 Å². The number of carboxylic acids is 1. The Balaban J connectivity index is 1.15. The number of benzene rings is 3. The van der Waals surface area contributed by atoms with Crippen molar-refractivity contribution in [3.05, 3.63) is 89.5 Å². The number of aromatic carboxylic acids is 1. The molecule has 6 rings (SSSR count). The summed E-state index contributed by atoms with van der Waals surface area (Å²) in [5.74, 6) is -0.165. The van der Waals surface area contributed by atoms with Gasteiger partial charge in [0.2, 0.25) is 0 Å². The lowest BCUT2D eigenvalue weighted by Gasteiger charge is -2.32. The molecule has 2 heterocycles. The van der Waals surface area contributed by atoms with E-state index in [4.69, 9.17) is 4.98 Å². The fraction of sp³-hybridized carbons (Fsp3) is 0.344. The number of likely N-dealkylation sites (tertiary alicyclic amines) is 1. The van der Waals surface area contributed by atoms with E-state index >= 15 is 0 Å². The van der Waals surface area contributed by atoms with Gasteiger partial charge < -0.3 is 15.0 Å². The lowest BCUT2D eigenvalue weighted by atomic mass is 10.0. The van der Waals surface area contributed by atoms with Gasteiger partial charge in [-0.25, -0.2) is 9.78 Å². The summed E-state index contributed by atoms with van der Waals surface area (Å²) in [5, 5.41) is 12.7. The average Bonchev–Trinajstić information content (AvgIpc) is 3.62. The Hall–Kier alpha value is -3.97. The Morgan fingerprint density at radius 3 is 2.26 bits per heavy atom. The molecule has 2 N–H and O–H groups in total. The second-order valence-electron chi connectivity index (χ2n) is 10.8. The molecule has 2 fully saturated rings. The zero-order chi connectivity index (χ0) is 26.8. The zero-order valence-corrected chi connectivity index (χ0v) is 22.1. The number of carbonyl (C=O) groups excluding carboxylic acids is 1. The summed E-state index contributed by atoms with van der Waals surface area (Å²) in [6.07, 6.45) is 6.43. The van der Waals surface area contributed by atoms with Crippen molar-refractivity contribution in [1.82, 2.24) is 19.8 Å². The van der Waals surface area contributed by atoms with Gasteiger partial charge in [-0.15, -0.1) is 0 Å². The van der Waals surface area contributed by atoms with Crippen LogP contribution >= 0.6 is 0 Å². The van der Waals surface area contributed by atoms with E-state index in [0.717, 1.165) is 62.2 Å². The maximum Gasteiger partial charge on any atom is 0.335 e. The molecule has 7 heteroatoms. The Kier molecular flexibility index (Phi) is 7.16. The van der Waals surface area contributed by atoms with Crippen LogP contribution in [0.5, 0.6) is 0 Å². The number of fused-ring (bicyclic) bond motifs is 1. The molecular weight excluding hydrogens is 488 g/mol. The van der Waals surface area contributed by atoms with Crippen LogP contribution in [-0.2, 0) is 6.54 Å². The molecular formula is C32H34N4O3. The number of piperidine rings is 1. The molecule has 0 bridgehead atoms. The van der Waals surface area contributed by atoms with Gasteiger partial charge >= 0.3 is 5.97 Å². The minimum atomic E-state index is -0.953. The van der Waals surface area contributed by atoms with Crippen molar-refractivity contribution in [2.75, 3.05) is 13.1 Å². The van der Waals surface area contributed by atoms with E-state index in [0.29, 0.717) is 17.1 Å². The van der Waals surface area contributed by atoms with E-state index < -0.39 is 5.97 Å². The predicted molar refractivity (Wildman–Crippen MR) is 152 cm³/mol. The summed E-state index contributed by atoms with van der Waals surface area (Å²) in [7, 11) is 0. The van der Waals surface area contributed by atoms with Crippen LogP contribution in [0.4, 0.5) is 0 Å². The number of nitrogens with one attached hydrogen (secondary N) is 1. The highest BCUT2D eigenvalue weighted by Gasteiger charge is 2.25. The fourth-order valence-corrected chi connectivity index (χ4v) is 6.08. The molecule has 1 amide bonds. The SMILES string of the molecule is O=C(O)c1ccc2c(c1)nc(-c1ccc(C(=O)NC3CCN(Cc4ccccc4)CC3)cc1)n2C1CCCC1. The summed E-state index contributed by atoms with van der Waals surface area (Å²) < 4.78 is 2.27. The number of carboxylic acid groups (broad SMARTS) is 1. The Bertz CT molecular complexity index is 1460. The van der Waals surface area contributed by atoms with Crippen molar-refractivity contribution in [1.29, 1.82) is 0 Å². The van der Waals surface area contributed by atoms with Gasteiger partial charge in [0.05, 0.1) is 16.6 Å². The summed E-state index contributed by atoms with van der Waals surface area (Å²) in [4.78, 5) is 31.9. The van der Waals surface area contributed by atoms with E-state index in [1.807, 2.05) is 36.4 Å². The van der Waals surface area contributed by atoms with Gasteiger partial charge in [-0.05, 0) is 61.6 Å². The van der Waals surface area contributed by atoms with Crippen molar-refractivity contribution >= 4 is 22.9 Å². The third kappa shape index (κ3) is 5.45. The van der Waals surface area contributed by atoms with E-state index in [-0.39, 0.29) is 17.5 Å². The molecule has 1 saturated carbocycles. The number of rotatable bonds is 7. The van der Waals surface area contributed by atoms with Crippen molar-refractivity contribution in [2.24, 2.45) is 0 Å². The normalized spacial score (nSPS) is 17.0. The van der Waals surface area contributed by atoms with Gasteiger partial charge in [0, 0.05) is 42.8 Å². The molecule has 0 unspecified atom stereocenters. The third-order valence-corrected chi connectivity index (χ3v) is 8.20. The summed E-state index contributed by atoms with van der Waals surface area (Å²) in [5.41, 5.74) is 4.79. The molecule has 2 aliphatic rings. The molecule has 3 aromatic carbocycles. The molecule has 0 spiro atoms. The molecule has 1 aromatic heterocycles. The van der Waals surface area contributed by atoms with Crippen LogP contribution in [0.2, 0.25) is 0 Å². The highest BCUT2D eigenvalue weighted by molar-refractivity contribution is 5.95. The third-order valence-electron chi connectivity index (χ3n) is 8.20. The summed E-state index contributed by atoms with van der Waals surface area (Å²) >= 11 is 0. The molecule has 0 radical (unpaired) electrons. The van der Waals surface area contributed by atoms with E-state index in [1.165, 1.54) is 18.4 Å². The Labute approximate surface area is 228 Å². The second-order valence-corrected chi connectivity index (χ2v) is 10.8. The van der Waals surface area contributed by atoms with Crippen molar-refractivity contribution in [3.8, 4) is 11.4 Å². The maximum absolute atomic E-state index is 13.1. The first-order valence-corrected chi connectivity index (χ1v) is 14.0. The number of hydrogen-bond acceptors (Lipinski definition) is 4. The Morgan fingerprint density at radius 2 is 1.56 bits per heavy atom. The number of carbonyl (C=O) groups is 2. The molecule has 1 aliphatic heterocycles. The van der Waals surface area contributed by atoms with Crippen LogP contribution in [0.1, 0.15) is 70.8 Å². The van der Waals surface area contributed by atoms with Crippen LogP contribution in [0.25, 0.3) is 22.4 Å². The standard InChI is InChI=1S/C32H34N4O3/c37-31(33-26-16-18-35(19-17-26)21-22-6-2-1-3-7-22)24-12-10-23(11-13-24)30-34-28-20-25(32(38)39)14-15-29(28)36(30)27-8-4-5-9-27/h1-3,6-7,10-15,20,26-27H,4-5,8-9,16-19,21H2,(H,33,37)(H,38,39). The molecule has 0 atom stereocenters. The first-order valence-electron chi connectivity index (χ1n) is 14.0. The number of hydrogen-bond donors (Lipinski definition) is 2. The molecule has 4 aromatic rings. The van der Waals surface area contributed by atoms with Crippen LogP contribution in [0, 0.1) is 0 Å². The predicted octanol–water partition coefficient (Wildman–Crippen LogP) is 5.91. The number of imidazole rings is 1. The fourth-order valence-electron chi connectivity index (χ4n) is 6.08. The largest absolute Gasteiger partial charge is 0.478 e. The first-order chi connectivity index (χ1) is 19.0. The van der Waals surface area contributed by atoms with E-state index in [2.05, 4.69) is 39.0 Å². The van der Waals surface area contributed by atoms with Gasteiger partial charge in [0.25, 0.3) is 5.91 Å². The van der Waals surface area contributed by atoms with Crippen LogP contribution < -0.4 is 5.32 Å². The van der Waals surface area contributed by atoms with Gasteiger partial charge in [0.15, 0.2) is 0 Å². The monoisotopic (exact) mass is 522 g/mol. The van der Waals surface area contributed by atoms with Gasteiger partial charge in [0.1, 0.15) is 5.82 Å². The maximum atomic E-state index is 13.1. The number of nitrogens with zero attached hydrogens (tertiary/aromatic N) is 3. The first kappa shape index (κ1) is 25.3. The second kappa shape index (κ2) is 11.0. The smallest absolute Gasteiger partial charge is 0.335 e. The van der Waals surface area contributed by atoms with Gasteiger partial charge in [-0.2, -0.15) is 0 Å². The minimum absolute atomic E-state index is 0.0431. The van der Waals surface area contributed by atoms with Crippen LogP contribution in [0.3, 0.4) is 0 Å². The molecule has 7 nitrogen and oxygen atoms in total. The van der Waals surface area contributed by atoms with Gasteiger partial charge in [-0.1, -0.05) is 55.3 Å². The zero-order valence-electron chi connectivity index (χ0n) is 22.1. The van der Waals surface area contributed by atoms with Crippen molar-refractivity contribution < 1.29 is 14.7 Å². The number of amides is 1. The van der Waals surface area contributed by atoms with E-state index in [9.17, 15) is 14.7 Å². The lowest BCUT2D eigenvalue weighted by molar-refractivity contribution is 0.0696. The minimum Gasteiger partial charge on any atom is -0.478 e. The Morgan fingerprint density at radius 1 is 0.872 bits per heavy atom. The van der Waals surface area contributed by atoms with E-state index in [1.54, 1.807) is 12.1 Å². The molecule has 1 saturated heterocycles. The summed E-state index contributed by atoms with van der Waals surface area (Å²) in [6.45, 7) is 2.89. The van der Waals surface area contributed by atoms with Gasteiger partial charge in [-0.3, -0.25) is 9.69 Å². The van der Waals surface area contributed by atoms with Crippen molar-refractivity contribution in [3.63, 3.8) is 0 Å². The summed E-state index contributed by atoms with van der Waals surface area (Å²) in [6, 6.07) is 23.9. The topological polar surface area (TPSA) is 87.5 Å². The highest BCUT2D eigenvalue weighted by atomic mass is 16.4. The molecule has 39 heavy (non-hydrogen) atoms. The average molecular weight is 523 g/mol. The lowest BCUT2D eigenvalue weighted by Crippen LogP contribution is -2.44. The quantitative estimate of drug-likeness (QED) is 0.315.